The molecule has 0 radical (unpaired) electrons. The second-order valence-corrected chi connectivity index (χ2v) is 14.1. The molecule has 2 aromatic heterocycles. The molecule has 0 saturated heterocycles. The molecule has 0 atom stereocenters. The van der Waals surface area contributed by atoms with Gasteiger partial charge in [-0.25, -0.2) is 13.6 Å². The number of aliphatic imine (C=N–C) groups is 1. The molecule has 0 aliphatic rings. The summed E-state index contributed by atoms with van der Waals surface area (Å²) in [5.41, 5.74) is 19.6. The fourth-order valence-corrected chi connectivity index (χ4v) is 5.25. The summed E-state index contributed by atoms with van der Waals surface area (Å²) in [4.78, 5) is 23.7. The van der Waals surface area contributed by atoms with Crippen molar-refractivity contribution >= 4 is 28.6 Å². The molecular formula is C35H49ClF2N8O. The molecule has 8 N–H and O–H groups in total. The van der Waals surface area contributed by atoms with Crippen molar-refractivity contribution in [3.8, 4) is 5.69 Å². The number of hydrogen-bond donors (Lipinski definition) is 5. The minimum absolute atomic E-state index is 0.0637. The van der Waals surface area contributed by atoms with Crippen LogP contribution in [0.3, 0.4) is 0 Å². The molecule has 4 aromatic rings. The van der Waals surface area contributed by atoms with Gasteiger partial charge in [-0.2, -0.15) is 4.98 Å². The summed E-state index contributed by atoms with van der Waals surface area (Å²) < 4.78 is 29.7. The molecule has 2 aromatic carbocycles. The number of aryl methyl sites for hydroxylation is 1. The molecule has 12 heteroatoms. The Morgan fingerprint density at radius 1 is 1.00 bits per heavy atom. The summed E-state index contributed by atoms with van der Waals surface area (Å²) in [5, 5.41) is 4.20. The van der Waals surface area contributed by atoms with E-state index in [0.29, 0.717) is 43.1 Å². The number of benzene rings is 2. The van der Waals surface area contributed by atoms with Gasteiger partial charge in [0.1, 0.15) is 17.3 Å². The maximum Gasteiger partial charge on any atom is 0.354 e. The fourth-order valence-electron chi connectivity index (χ4n) is 4.86. The van der Waals surface area contributed by atoms with Crippen molar-refractivity contribution < 1.29 is 8.78 Å². The van der Waals surface area contributed by atoms with Gasteiger partial charge in [-0.15, -0.1) is 0 Å². The Balaban J connectivity index is 0.000000300. The molecule has 9 nitrogen and oxygen atoms in total. The number of rotatable bonds is 11. The van der Waals surface area contributed by atoms with Crippen LogP contribution in [-0.2, 0) is 23.8 Å². The van der Waals surface area contributed by atoms with E-state index >= 15 is 0 Å². The van der Waals surface area contributed by atoms with Crippen molar-refractivity contribution in [1.29, 1.82) is 0 Å². The predicted octanol–water partition coefficient (Wildman–Crippen LogP) is 5.96. The maximum atomic E-state index is 14.6. The zero-order valence-electron chi connectivity index (χ0n) is 28.3. The number of aromatic amines is 1. The van der Waals surface area contributed by atoms with E-state index in [1.54, 1.807) is 18.3 Å². The molecule has 4 rings (SSSR count). The minimum Gasteiger partial charge on any atom is -0.370 e. The molecule has 0 spiro atoms. The van der Waals surface area contributed by atoms with Gasteiger partial charge in [0.2, 0.25) is 0 Å². The number of fused-ring (bicyclic) bond motifs is 1. The molecule has 0 bridgehead atoms. The van der Waals surface area contributed by atoms with E-state index in [4.69, 9.17) is 28.8 Å². The van der Waals surface area contributed by atoms with E-state index in [9.17, 15) is 13.6 Å². The third kappa shape index (κ3) is 10.9. The van der Waals surface area contributed by atoms with Gasteiger partial charge >= 0.3 is 5.69 Å². The highest BCUT2D eigenvalue weighted by Crippen LogP contribution is 2.32. The van der Waals surface area contributed by atoms with Crippen LogP contribution < -0.4 is 28.2 Å². The van der Waals surface area contributed by atoms with Crippen LogP contribution in [0.25, 0.3) is 16.7 Å². The van der Waals surface area contributed by atoms with Crippen molar-refractivity contribution in [2.45, 2.75) is 84.6 Å². The van der Waals surface area contributed by atoms with E-state index in [1.165, 1.54) is 16.7 Å². The average Bonchev–Trinajstić information content (AvgIpc) is 3.40. The van der Waals surface area contributed by atoms with Gasteiger partial charge < -0.3 is 27.5 Å². The van der Waals surface area contributed by atoms with Gasteiger partial charge in [-0.3, -0.25) is 9.56 Å². The summed E-state index contributed by atoms with van der Waals surface area (Å²) in [7, 11) is 0. The van der Waals surface area contributed by atoms with Gasteiger partial charge in [0.25, 0.3) is 0 Å². The van der Waals surface area contributed by atoms with Crippen LogP contribution >= 0.6 is 11.6 Å². The van der Waals surface area contributed by atoms with Gasteiger partial charge in [0, 0.05) is 41.3 Å². The smallest absolute Gasteiger partial charge is 0.354 e. The van der Waals surface area contributed by atoms with Crippen LogP contribution in [0.4, 0.5) is 8.78 Å². The lowest BCUT2D eigenvalue weighted by atomic mass is 9.85. The summed E-state index contributed by atoms with van der Waals surface area (Å²) in [6.45, 7) is 14.6. The van der Waals surface area contributed by atoms with E-state index in [0.717, 1.165) is 47.9 Å². The Hall–Kier alpha value is -3.80. The first-order valence-electron chi connectivity index (χ1n) is 15.9. The van der Waals surface area contributed by atoms with Crippen LogP contribution in [0.1, 0.15) is 83.2 Å². The van der Waals surface area contributed by atoms with Gasteiger partial charge in [0.05, 0.1) is 10.7 Å². The number of nitrogens with two attached hydrogens (primary N) is 3. The number of guanidine groups is 1. The zero-order chi connectivity index (χ0) is 34.9. The van der Waals surface area contributed by atoms with Crippen molar-refractivity contribution in [2.75, 3.05) is 19.6 Å². The molecule has 2 heterocycles. The number of H-pyrrole nitrogens is 1. The first kappa shape index (κ1) is 37.7. The number of unbranched alkanes of at least 4 members (excludes halogenated alkanes) is 1. The van der Waals surface area contributed by atoms with Crippen molar-refractivity contribution in [1.82, 2.24) is 19.9 Å². The quantitative estimate of drug-likeness (QED) is 0.0754. The molecule has 0 fully saturated rings. The summed E-state index contributed by atoms with van der Waals surface area (Å²) >= 11 is 6.02. The third-order valence-electron chi connectivity index (χ3n) is 7.57. The molecule has 0 aliphatic carbocycles. The van der Waals surface area contributed by atoms with E-state index in [1.807, 2.05) is 32.9 Å². The molecule has 0 saturated carbocycles. The minimum atomic E-state index is -0.463. The van der Waals surface area contributed by atoms with Gasteiger partial charge in [-0.1, -0.05) is 65.3 Å². The highest BCUT2D eigenvalue weighted by atomic mass is 35.5. The SMILES string of the molecule is CC(C)(C)c1cc(CCCCN)cc(F)c1Cl.CC(C)(C)c1cc2cn(-c3ccc(CNCCCN=C(N)N)c(F)c3)c(=O)nc2[nH]1. The van der Waals surface area contributed by atoms with E-state index in [2.05, 4.69) is 41.0 Å². The van der Waals surface area contributed by atoms with Crippen molar-refractivity contribution in [3.63, 3.8) is 0 Å². The lowest BCUT2D eigenvalue weighted by Crippen LogP contribution is -2.23. The number of hydrogen-bond acceptors (Lipinski definition) is 5. The Bertz CT molecular complexity index is 1730. The summed E-state index contributed by atoms with van der Waals surface area (Å²) in [6, 6.07) is 10.3. The Morgan fingerprint density at radius 3 is 2.34 bits per heavy atom. The summed E-state index contributed by atoms with van der Waals surface area (Å²) in [5.74, 6) is -0.642. The Labute approximate surface area is 281 Å². The number of nitrogens with zero attached hydrogens (tertiary/aromatic N) is 3. The Kier molecular flexibility index (Phi) is 13.1. The topological polar surface area (TPSA) is 153 Å². The Morgan fingerprint density at radius 2 is 1.72 bits per heavy atom. The van der Waals surface area contributed by atoms with Gasteiger partial charge in [-0.05, 0) is 79.6 Å². The standard InChI is InChI=1S/C21H28FN7O.C14H21ClFN/c1-21(2,3)17-9-14-12-29(20(30)28-18(14)27-17)15-6-5-13(16(22)10-15)11-25-7-4-8-26-19(23)24;1-14(2,3)11-8-10(6-4-5-7-17)9-12(16)13(11)15/h5-6,9-10,12,25H,4,7-8,11H2,1-3H3,(H4,23,24,26)(H,27,28,30);8-9H,4-7,17H2,1-3H3. The molecule has 256 valence electrons. The fraction of sp³-hybridized carbons (Fsp3) is 0.457. The second-order valence-electron chi connectivity index (χ2n) is 13.7. The lowest BCUT2D eigenvalue weighted by molar-refractivity contribution is 0.569. The molecule has 0 unspecified atom stereocenters. The van der Waals surface area contributed by atoms with Crippen molar-refractivity contribution in [3.05, 3.63) is 92.1 Å². The lowest BCUT2D eigenvalue weighted by Gasteiger charge is -2.22. The molecule has 47 heavy (non-hydrogen) atoms. The predicted molar refractivity (Wildman–Crippen MR) is 189 cm³/mol. The van der Waals surface area contributed by atoms with Crippen LogP contribution in [0.5, 0.6) is 0 Å². The zero-order valence-corrected chi connectivity index (χ0v) is 29.1. The normalized spacial score (nSPS) is 11.8. The highest BCUT2D eigenvalue weighted by molar-refractivity contribution is 6.31. The second kappa shape index (κ2) is 16.3. The summed E-state index contributed by atoms with van der Waals surface area (Å²) in [6.07, 6.45) is 5.24. The number of halogens is 3. The number of nitrogens with one attached hydrogen (secondary N) is 2. The van der Waals surface area contributed by atoms with E-state index in [-0.39, 0.29) is 33.4 Å². The third-order valence-corrected chi connectivity index (χ3v) is 7.95. The monoisotopic (exact) mass is 670 g/mol. The first-order chi connectivity index (χ1) is 22.0. The molecular weight excluding hydrogens is 622 g/mol. The van der Waals surface area contributed by atoms with Crippen LogP contribution in [0, 0.1) is 11.6 Å². The number of aromatic nitrogens is 3. The molecule has 0 aliphatic heterocycles. The maximum absolute atomic E-state index is 14.6. The van der Waals surface area contributed by atoms with Crippen LogP contribution in [0.15, 0.2) is 52.4 Å². The largest absolute Gasteiger partial charge is 0.370 e. The van der Waals surface area contributed by atoms with E-state index < -0.39 is 5.69 Å². The average molecular weight is 671 g/mol. The molecule has 0 amide bonds. The first-order valence-corrected chi connectivity index (χ1v) is 16.3. The van der Waals surface area contributed by atoms with Crippen LogP contribution in [0.2, 0.25) is 5.02 Å². The van der Waals surface area contributed by atoms with Gasteiger partial charge in [0.15, 0.2) is 5.96 Å². The van der Waals surface area contributed by atoms with Crippen LogP contribution in [-0.4, -0.2) is 40.1 Å². The highest BCUT2D eigenvalue weighted by Gasteiger charge is 2.21. The van der Waals surface area contributed by atoms with Crippen molar-refractivity contribution in [2.24, 2.45) is 22.2 Å².